The van der Waals surface area contributed by atoms with Crippen LogP contribution in [-0.2, 0) is 0 Å². The third-order valence-corrected chi connectivity index (χ3v) is 2.31. The van der Waals surface area contributed by atoms with E-state index in [0.717, 1.165) is 0 Å². The Bertz CT molecular complexity index is 210. The van der Waals surface area contributed by atoms with Crippen LogP contribution >= 0.6 is 11.8 Å². The van der Waals surface area contributed by atoms with Crippen LogP contribution in [0.3, 0.4) is 0 Å². The molecule has 1 unspecified atom stereocenters. The largest absolute Gasteiger partial charge is 0.409 e. The second-order valence-corrected chi connectivity index (χ2v) is 3.80. The monoisotopic (exact) mass is 245 g/mol. The van der Waals surface area contributed by atoms with Crippen LogP contribution in [0.4, 0.5) is 13.2 Å². The first-order valence-corrected chi connectivity index (χ1v) is 5.56. The second-order valence-electron chi connectivity index (χ2n) is 2.82. The van der Waals surface area contributed by atoms with Gasteiger partial charge in [0.05, 0.1) is 0 Å². The minimum atomic E-state index is -4.50. The van der Waals surface area contributed by atoms with E-state index in [1.54, 1.807) is 0 Å². The molecular formula is C7H14F3N3OS. The van der Waals surface area contributed by atoms with Crippen molar-refractivity contribution in [3.63, 3.8) is 0 Å². The van der Waals surface area contributed by atoms with Crippen LogP contribution in [0.15, 0.2) is 5.16 Å². The van der Waals surface area contributed by atoms with Crippen molar-refractivity contribution in [2.75, 3.05) is 25.1 Å². The maximum absolute atomic E-state index is 12.3. The minimum Gasteiger partial charge on any atom is -0.409 e. The lowest BCUT2D eigenvalue weighted by Gasteiger charge is -2.19. The van der Waals surface area contributed by atoms with Crippen LogP contribution < -0.4 is 11.1 Å². The molecule has 0 spiro atoms. The Hall–Kier alpha value is -0.630. The first-order chi connectivity index (χ1) is 6.93. The molecular weight excluding hydrogens is 231 g/mol. The average Bonchev–Trinajstić information content (AvgIpc) is 2.15. The Morgan fingerprint density at radius 1 is 1.60 bits per heavy atom. The van der Waals surface area contributed by atoms with Gasteiger partial charge in [0.2, 0.25) is 0 Å². The van der Waals surface area contributed by atoms with Gasteiger partial charge in [0.15, 0.2) is 5.84 Å². The molecule has 0 radical (unpaired) electrons. The molecule has 0 rings (SSSR count). The highest BCUT2D eigenvalue weighted by molar-refractivity contribution is 7.98. The number of hydrogen-bond acceptors (Lipinski definition) is 4. The van der Waals surface area contributed by atoms with Crippen LogP contribution in [0.5, 0.6) is 0 Å². The zero-order valence-electron chi connectivity index (χ0n) is 8.21. The fourth-order valence-corrected chi connectivity index (χ4v) is 1.23. The Kier molecular flexibility index (Phi) is 6.50. The fourth-order valence-electron chi connectivity index (χ4n) is 0.878. The van der Waals surface area contributed by atoms with Crippen molar-refractivity contribution in [2.24, 2.45) is 16.8 Å². The molecule has 15 heavy (non-hydrogen) atoms. The molecule has 0 aliphatic heterocycles. The Morgan fingerprint density at radius 3 is 2.60 bits per heavy atom. The molecule has 0 aliphatic carbocycles. The van der Waals surface area contributed by atoms with Gasteiger partial charge in [-0.15, -0.1) is 0 Å². The first-order valence-electron chi connectivity index (χ1n) is 4.17. The average molecular weight is 245 g/mol. The van der Waals surface area contributed by atoms with Crippen LogP contribution in [0.25, 0.3) is 0 Å². The zero-order valence-corrected chi connectivity index (χ0v) is 9.03. The molecule has 0 aliphatic rings. The predicted molar refractivity (Wildman–Crippen MR) is 54.2 cm³/mol. The Labute approximate surface area is 90.1 Å². The van der Waals surface area contributed by atoms with Crippen LogP contribution in [0.2, 0.25) is 0 Å². The van der Waals surface area contributed by atoms with Gasteiger partial charge in [0.1, 0.15) is 5.92 Å². The van der Waals surface area contributed by atoms with E-state index in [1.807, 2.05) is 6.26 Å². The third kappa shape index (κ3) is 5.73. The first kappa shape index (κ1) is 14.4. The summed E-state index contributed by atoms with van der Waals surface area (Å²) in [6.45, 7) is 0.0758. The van der Waals surface area contributed by atoms with E-state index < -0.39 is 17.9 Å². The van der Waals surface area contributed by atoms with Crippen molar-refractivity contribution >= 4 is 17.6 Å². The van der Waals surface area contributed by atoms with E-state index in [-0.39, 0.29) is 6.54 Å². The highest BCUT2D eigenvalue weighted by Gasteiger charge is 2.42. The standard InChI is InChI=1S/C7H14F3N3OS/c1-15-3-2-12-4-5(6(11)13-14)7(8,9)10/h5,12,14H,2-4H2,1H3,(H2,11,13). The molecule has 0 aromatic rings. The van der Waals surface area contributed by atoms with Crippen molar-refractivity contribution in [3.05, 3.63) is 0 Å². The second kappa shape index (κ2) is 6.78. The van der Waals surface area contributed by atoms with Crippen molar-refractivity contribution < 1.29 is 18.4 Å². The number of nitrogens with two attached hydrogens (primary N) is 1. The summed E-state index contributed by atoms with van der Waals surface area (Å²) in [5.41, 5.74) is 4.95. The molecule has 0 saturated heterocycles. The van der Waals surface area contributed by atoms with Crippen molar-refractivity contribution in [3.8, 4) is 0 Å². The third-order valence-electron chi connectivity index (χ3n) is 1.70. The summed E-state index contributed by atoms with van der Waals surface area (Å²) in [5, 5.41) is 13.2. The summed E-state index contributed by atoms with van der Waals surface area (Å²) >= 11 is 1.52. The van der Waals surface area contributed by atoms with Gasteiger partial charge in [-0.05, 0) is 6.26 Å². The molecule has 0 bridgehead atoms. The van der Waals surface area contributed by atoms with Gasteiger partial charge < -0.3 is 16.3 Å². The molecule has 4 nitrogen and oxygen atoms in total. The summed E-state index contributed by atoms with van der Waals surface area (Å²) in [6.07, 6.45) is -2.64. The summed E-state index contributed by atoms with van der Waals surface area (Å²) in [6, 6.07) is 0. The Balaban J connectivity index is 4.16. The van der Waals surface area contributed by atoms with E-state index in [2.05, 4.69) is 10.5 Å². The lowest BCUT2D eigenvalue weighted by molar-refractivity contribution is -0.154. The quantitative estimate of drug-likeness (QED) is 0.213. The molecule has 0 aromatic heterocycles. The SMILES string of the molecule is CSCCNCC(C(N)=NO)C(F)(F)F. The van der Waals surface area contributed by atoms with Gasteiger partial charge in [-0.3, -0.25) is 0 Å². The summed E-state index contributed by atoms with van der Waals surface area (Å²) in [4.78, 5) is 0. The number of thioether (sulfide) groups is 1. The minimum absolute atomic E-state index is 0.375. The number of alkyl halides is 3. The van der Waals surface area contributed by atoms with Gasteiger partial charge in [-0.25, -0.2) is 0 Å². The van der Waals surface area contributed by atoms with Crippen molar-refractivity contribution in [2.45, 2.75) is 6.18 Å². The van der Waals surface area contributed by atoms with E-state index in [4.69, 9.17) is 10.9 Å². The topological polar surface area (TPSA) is 70.6 Å². The molecule has 0 aromatic carbocycles. The van der Waals surface area contributed by atoms with Gasteiger partial charge in [-0.2, -0.15) is 24.9 Å². The van der Waals surface area contributed by atoms with Gasteiger partial charge >= 0.3 is 6.18 Å². The molecule has 8 heteroatoms. The van der Waals surface area contributed by atoms with Crippen LogP contribution in [0, 0.1) is 5.92 Å². The van der Waals surface area contributed by atoms with Crippen molar-refractivity contribution in [1.29, 1.82) is 0 Å². The fraction of sp³-hybridized carbons (Fsp3) is 0.857. The lowest BCUT2D eigenvalue weighted by Crippen LogP contribution is -2.43. The van der Waals surface area contributed by atoms with Crippen LogP contribution in [0.1, 0.15) is 0 Å². The van der Waals surface area contributed by atoms with Gasteiger partial charge in [-0.1, -0.05) is 5.16 Å². The zero-order chi connectivity index (χ0) is 11.9. The molecule has 0 fully saturated rings. The maximum atomic E-state index is 12.3. The van der Waals surface area contributed by atoms with Crippen LogP contribution in [-0.4, -0.2) is 42.3 Å². The number of amidine groups is 1. The molecule has 0 saturated carbocycles. The lowest BCUT2D eigenvalue weighted by atomic mass is 10.1. The highest BCUT2D eigenvalue weighted by atomic mass is 32.2. The van der Waals surface area contributed by atoms with E-state index >= 15 is 0 Å². The van der Waals surface area contributed by atoms with E-state index in [0.29, 0.717) is 12.3 Å². The Morgan fingerprint density at radius 2 is 2.20 bits per heavy atom. The number of oxime groups is 1. The molecule has 0 amide bonds. The highest BCUT2D eigenvalue weighted by Crippen LogP contribution is 2.25. The summed E-state index contributed by atoms with van der Waals surface area (Å²) in [5.74, 6) is -2.05. The molecule has 90 valence electrons. The maximum Gasteiger partial charge on any atom is 0.400 e. The van der Waals surface area contributed by atoms with Crippen molar-refractivity contribution in [1.82, 2.24) is 5.32 Å². The molecule has 0 heterocycles. The number of hydrogen-bond donors (Lipinski definition) is 3. The van der Waals surface area contributed by atoms with Gasteiger partial charge in [0, 0.05) is 18.8 Å². The smallest absolute Gasteiger partial charge is 0.400 e. The number of nitrogens with one attached hydrogen (secondary N) is 1. The van der Waals surface area contributed by atoms with E-state index in [1.165, 1.54) is 11.8 Å². The molecule has 4 N–H and O–H groups in total. The number of rotatable bonds is 6. The normalized spacial score (nSPS) is 15.3. The number of nitrogens with zero attached hydrogens (tertiary/aromatic N) is 1. The summed E-state index contributed by atoms with van der Waals surface area (Å²) in [7, 11) is 0. The predicted octanol–water partition coefficient (Wildman–Crippen LogP) is 0.864. The summed E-state index contributed by atoms with van der Waals surface area (Å²) < 4.78 is 37.0. The van der Waals surface area contributed by atoms with Gasteiger partial charge in [0.25, 0.3) is 0 Å². The number of halogens is 3. The van der Waals surface area contributed by atoms with E-state index in [9.17, 15) is 13.2 Å². The molecule has 1 atom stereocenters.